The third-order valence-corrected chi connectivity index (χ3v) is 4.46. The van der Waals surface area contributed by atoms with Crippen LogP contribution in [0.5, 0.6) is 0 Å². The zero-order valence-electron chi connectivity index (χ0n) is 7.84. The molecular formula is C7H8N2O5S2. The molecule has 0 aliphatic rings. The molecule has 88 valence electrons. The van der Waals surface area contributed by atoms with Gasteiger partial charge in [0.05, 0.1) is 6.54 Å². The molecule has 1 heterocycles. The van der Waals surface area contributed by atoms with Crippen molar-refractivity contribution in [2.75, 3.05) is 6.54 Å². The molecule has 9 heteroatoms. The van der Waals surface area contributed by atoms with E-state index in [1.165, 1.54) is 6.07 Å². The zero-order chi connectivity index (χ0) is 12.3. The third-order valence-electron chi connectivity index (χ3n) is 1.49. The van der Waals surface area contributed by atoms with Crippen molar-refractivity contribution in [3.05, 3.63) is 17.0 Å². The first-order valence-electron chi connectivity index (χ1n) is 3.94. The molecule has 0 saturated carbocycles. The first kappa shape index (κ1) is 12.6. The summed E-state index contributed by atoms with van der Waals surface area (Å²) in [4.78, 5) is 20.8. The fraction of sp³-hybridized carbons (Fsp3) is 0.143. The Labute approximate surface area is 94.9 Å². The van der Waals surface area contributed by atoms with Gasteiger partial charge in [0.25, 0.3) is 10.0 Å². The van der Waals surface area contributed by atoms with E-state index in [-0.39, 0.29) is 9.09 Å². The van der Waals surface area contributed by atoms with Gasteiger partial charge in [0.1, 0.15) is 9.09 Å². The molecule has 0 radical (unpaired) electrons. The minimum Gasteiger partial charge on any atom is -0.477 e. The SMILES string of the molecule is NC(=O)CNS(=O)(=O)c1ccc(C(=O)O)s1. The predicted molar refractivity (Wildman–Crippen MR) is 55.7 cm³/mol. The highest BCUT2D eigenvalue weighted by Gasteiger charge is 2.19. The summed E-state index contributed by atoms with van der Waals surface area (Å²) in [5.41, 5.74) is 4.77. The third kappa shape index (κ3) is 3.02. The van der Waals surface area contributed by atoms with Crippen LogP contribution in [0, 0.1) is 0 Å². The van der Waals surface area contributed by atoms with E-state index in [0.29, 0.717) is 11.3 Å². The van der Waals surface area contributed by atoms with Gasteiger partial charge >= 0.3 is 5.97 Å². The molecule has 0 saturated heterocycles. The van der Waals surface area contributed by atoms with Gasteiger partial charge in [-0.25, -0.2) is 17.9 Å². The first-order valence-corrected chi connectivity index (χ1v) is 6.24. The van der Waals surface area contributed by atoms with Gasteiger partial charge in [0.15, 0.2) is 0 Å². The van der Waals surface area contributed by atoms with Gasteiger partial charge in [0.2, 0.25) is 5.91 Å². The quantitative estimate of drug-likeness (QED) is 0.642. The Kier molecular flexibility index (Phi) is 3.62. The summed E-state index contributed by atoms with van der Waals surface area (Å²) in [5.74, 6) is -2.03. The number of carbonyl (C=O) groups excluding carboxylic acids is 1. The number of thiophene rings is 1. The lowest BCUT2D eigenvalue weighted by atomic mass is 10.5. The summed E-state index contributed by atoms with van der Waals surface area (Å²) in [7, 11) is -3.86. The molecule has 0 bridgehead atoms. The van der Waals surface area contributed by atoms with E-state index in [0.717, 1.165) is 6.07 Å². The average molecular weight is 264 g/mol. The lowest BCUT2D eigenvalue weighted by Gasteiger charge is -2.00. The number of carbonyl (C=O) groups is 2. The molecule has 0 atom stereocenters. The lowest BCUT2D eigenvalue weighted by molar-refractivity contribution is -0.116. The highest BCUT2D eigenvalue weighted by molar-refractivity contribution is 7.91. The molecule has 4 N–H and O–H groups in total. The van der Waals surface area contributed by atoms with Gasteiger partial charge in [-0.05, 0) is 12.1 Å². The highest BCUT2D eigenvalue weighted by Crippen LogP contribution is 2.21. The van der Waals surface area contributed by atoms with Crippen molar-refractivity contribution in [1.82, 2.24) is 4.72 Å². The van der Waals surface area contributed by atoms with Gasteiger partial charge in [-0.15, -0.1) is 11.3 Å². The van der Waals surface area contributed by atoms with E-state index in [1.807, 2.05) is 4.72 Å². The van der Waals surface area contributed by atoms with Crippen molar-refractivity contribution in [2.45, 2.75) is 4.21 Å². The van der Waals surface area contributed by atoms with Gasteiger partial charge in [-0.1, -0.05) is 0 Å². The smallest absolute Gasteiger partial charge is 0.345 e. The minimum absolute atomic E-state index is 0.0977. The number of rotatable bonds is 5. The Bertz CT molecular complexity index is 519. The van der Waals surface area contributed by atoms with Crippen molar-refractivity contribution < 1.29 is 23.1 Å². The van der Waals surface area contributed by atoms with Crippen LogP contribution in [0.1, 0.15) is 9.67 Å². The Morgan fingerprint density at radius 2 is 2.06 bits per heavy atom. The second kappa shape index (κ2) is 4.60. The second-order valence-corrected chi connectivity index (χ2v) is 5.79. The maximum Gasteiger partial charge on any atom is 0.345 e. The van der Waals surface area contributed by atoms with Gasteiger partial charge in [-0.2, -0.15) is 0 Å². The van der Waals surface area contributed by atoms with Crippen LogP contribution < -0.4 is 10.5 Å². The van der Waals surface area contributed by atoms with Gasteiger partial charge in [0, 0.05) is 0 Å². The van der Waals surface area contributed by atoms with Crippen molar-refractivity contribution in [3.8, 4) is 0 Å². The molecule has 16 heavy (non-hydrogen) atoms. The summed E-state index contributed by atoms with van der Waals surface area (Å²) in [6.07, 6.45) is 0. The van der Waals surface area contributed by atoms with Crippen LogP contribution in [-0.2, 0) is 14.8 Å². The molecule has 0 spiro atoms. The number of nitrogens with one attached hydrogen (secondary N) is 1. The van der Waals surface area contributed by atoms with E-state index in [2.05, 4.69) is 0 Å². The van der Waals surface area contributed by atoms with Gasteiger partial charge < -0.3 is 10.8 Å². The van der Waals surface area contributed by atoms with Crippen LogP contribution in [0.25, 0.3) is 0 Å². The zero-order valence-corrected chi connectivity index (χ0v) is 9.47. The molecule has 0 unspecified atom stereocenters. The fourth-order valence-electron chi connectivity index (χ4n) is 0.817. The van der Waals surface area contributed by atoms with Crippen LogP contribution in [0.3, 0.4) is 0 Å². The highest BCUT2D eigenvalue weighted by atomic mass is 32.2. The molecule has 1 amide bonds. The number of amides is 1. The molecule has 1 aromatic rings. The van der Waals surface area contributed by atoms with Crippen molar-refractivity contribution in [2.24, 2.45) is 5.73 Å². The molecule has 1 rings (SSSR count). The summed E-state index contributed by atoms with van der Waals surface area (Å²) >= 11 is 0.597. The summed E-state index contributed by atoms with van der Waals surface area (Å²) in [5, 5.41) is 8.60. The van der Waals surface area contributed by atoms with Crippen LogP contribution in [0.2, 0.25) is 0 Å². The number of hydrogen-bond acceptors (Lipinski definition) is 5. The van der Waals surface area contributed by atoms with Crippen LogP contribution in [0.15, 0.2) is 16.3 Å². The number of primary amides is 1. The van der Waals surface area contributed by atoms with Crippen molar-refractivity contribution in [3.63, 3.8) is 0 Å². The number of nitrogens with two attached hydrogens (primary N) is 1. The van der Waals surface area contributed by atoms with Crippen LogP contribution in [0.4, 0.5) is 0 Å². The second-order valence-electron chi connectivity index (χ2n) is 2.71. The number of carboxylic acid groups (broad SMARTS) is 1. The molecule has 1 aromatic heterocycles. The summed E-state index contributed by atoms with van der Waals surface area (Å²) in [6, 6.07) is 2.32. The molecule has 0 aliphatic heterocycles. The van der Waals surface area contributed by atoms with E-state index in [1.54, 1.807) is 0 Å². The largest absolute Gasteiger partial charge is 0.477 e. The Morgan fingerprint density at radius 1 is 1.44 bits per heavy atom. The monoisotopic (exact) mass is 264 g/mol. The number of carboxylic acids is 1. The minimum atomic E-state index is -3.86. The molecule has 0 aromatic carbocycles. The van der Waals surface area contributed by atoms with Crippen molar-refractivity contribution in [1.29, 1.82) is 0 Å². The van der Waals surface area contributed by atoms with Crippen LogP contribution in [-0.4, -0.2) is 31.9 Å². The summed E-state index contributed by atoms with van der Waals surface area (Å²) < 4.78 is 24.7. The summed E-state index contributed by atoms with van der Waals surface area (Å²) in [6.45, 7) is -0.525. The van der Waals surface area contributed by atoms with E-state index in [9.17, 15) is 18.0 Å². The maximum absolute atomic E-state index is 11.5. The molecule has 0 fully saturated rings. The Hall–Kier alpha value is -1.45. The topological polar surface area (TPSA) is 127 Å². The maximum atomic E-state index is 11.5. The Morgan fingerprint density at radius 3 is 2.50 bits per heavy atom. The normalized spacial score (nSPS) is 11.2. The average Bonchev–Trinajstić information content (AvgIpc) is 2.64. The molecule has 0 aliphatic carbocycles. The first-order chi connectivity index (χ1) is 7.33. The number of sulfonamides is 1. The van der Waals surface area contributed by atoms with Crippen LogP contribution >= 0.6 is 11.3 Å². The Balaban J connectivity index is 2.90. The predicted octanol–water partition coefficient (Wildman–Crippen LogP) is -0.790. The number of aromatic carboxylic acids is 1. The molecular weight excluding hydrogens is 256 g/mol. The van der Waals surface area contributed by atoms with Gasteiger partial charge in [-0.3, -0.25) is 4.79 Å². The standard InChI is InChI=1S/C7H8N2O5S2/c8-5(10)3-9-16(13,14)6-2-1-4(15-6)7(11)12/h1-2,9H,3H2,(H2,8,10)(H,11,12). The van der Waals surface area contributed by atoms with E-state index in [4.69, 9.17) is 10.8 Å². The number of hydrogen-bond donors (Lipinski definition) is 3. The van der Waals surface area contributed by atoms with Crippen molar-refractivity contribution >= 4 is 33.2 Å². The fourth-order valence-corrected chi connectivity index (χ4v) is 3.00. The van der Waals surface area contributed by atoms with E-state index >= 15 is 0 Å². The lowest BCUT2D eigenvalue weighted by Crippen LogP contribution is -2.32. The molecule has 7 nitrogen and oxygen atoms in total. The van der Waals surface area contributed by atoms with E-state index < -0.39 is 28.4 Å².